The first-order chi connectivity index (χ1) is 8.25. The van der Waals surface area contributed by atoms with Gasteiger partial charge in [-0.3, -0.25) is 4.79 Å². The molecule has 0 atom stereocenters. The maximum atomic E-state index is 11.3. The lowest BCUT2D eigenvalue weighted by atomic mass is 10.2. The van der Waals surface area contributed by atoms with E-state index in [4.69, 9.17) is 4.74 Å². The Labute approximate surface area is 103 Å². The second-order valence-corrected chi connectivity index (χ2v) is 4.17. The number of ether oxygens (including phenoxy) is 1. The van der Waals surface area contributed by atoms with Gasteiger partial charge in [0.1, 0.15) is 0 Å². The molecule has 0 aliphatic heterocycles. The van der Waals surface area contributed by atoms with E-state index in [2.05, 4.69) is 11.9 Å². The molecule has 0 amide bonds. The number of carbonyl (C=O) groups excluding carboxylic acids is 1. The smallest absolute Gasteiger partial charge is 0.224 e. The highest BCUT2D eigenvalue weighted by Crippen LogP contribution is 2.15. The van der Waals surface area contributed by atoms with Crippen molar-refractivity contribution < 1.29 is 9.53 Å². The quantitative estimate of drug-likeness (QED) is 0.510. The molecule has 0 unspecified atom stereocenters. The lowest BCUT2D eigenvalue weighted by Crippen LogP contribution is -2.04. The summed E-state index contributed by atoms with van der Waals surface area (Å²) in [4.78, 5) is 15.4. The average molecular weight is 235 g/mol. The zero-order valence-corrected chi connectivity index (χ0v) is 10.7. The van der Waals surface area contributed by atoms with Crippen molar-refractivity contribution in [2.24, 2.45) is 0 Å². The van der Waals surface area contributed by atoms with Crippen molar-refractivity contribution in [2.75, 3.05) is 6.61 Å². The van der Waals surface area contributed by atoms with Crippen LogP contribution in [0.4, 0.5) is 0 Å². The molecular formula is C14H21NO2. The van der Waals surface area contributed by atoms with Gasteiger partial charge in [0.2, 0.25) is 5.88 Å². The molecule has 3 heteroatoms. The van der Waals surface area contributed by atoms with Gasteiger partial charge in [0.05, 0.1) is 12.2 Å². The first kappa shape index (κ1) is 13.7. The van der Waals surface area contributed by atoms with Crippen molar-refractivity contribution in [3.05, 3.63) is 23.9 Å². The van der Waals surface area contributed by atoms with Crippen LogP contribution in [0, 0.1) is 0 Å². The Morgan fingerprint density at radius 3 is 2.76 bits per heavy atom. The molecule has 0 N–H and O–H groups in total. The predicted molar refractivity (Wildman–Crippen MR) is 68.5 cm³/mol. The third-order valence-corrected chi connectivity index (χ3v) is 2.64. The number of pyridine rings is 1. The molecule has 1 aromatic rings. The van der Waals surface area contributed by atoms with E-state index in [-0.39, 0.29) is 5.78 Å². The number of rotatable bonds is 8. The average Bonchev–Trinajstić information content (AvgIpc) is 2.34. The largest absolute Gasteiger partial charge is 0.477 e. The molecule has 17 heavy (non-hydrogen) atoms. The molecular weight excluding hydrogens is 214 g/mol. The molecule has 0 aliphatic carbocycles. The lowest BCUT2D eigenvalue weighted by molar-refractivity contribution is 0.101. The van der Waals surface area contributed by atoms with Crippen molar-refractivity contribution in [1.82, 2.24) is 4.98 Å². The molecule has 3 nitrogen and oxygen atoms in total. The van der Waals surface area contributed by atoms with E-state index >= 15 is 0 Å². The molecule has 0 bridgehead atoms. The highest BCUT2D eigenvalue weighted by Gasteiger charge is 2.08. The highest BCUT2D eigenvalue weighted by molar-refractivity contribution is 5.96. The molecule has 0 spiro atoms. The minimum atomic E-state index is -0.000849. The van der Waals surface area contributed by atoms with Crippen molar-refractivity contribution in [1.29, 1.82) is 0 Å². The fourth-order valence-corrected chi connectivity index (χ4v) is 1.65. The highest BCUT2D eigenvalue weighted by atomic mass is 16.5. The van der Waals surface area contributed by atoms with Crippen LogP contribution in [-0.4, -0.2) is 17.4 Å². The van der Waals surface area contributed by atoms with Crippen LogP contribution in [0.25, 0.3) is 0 Å². The molecule has 0 radical (unpaired) electrons. The second-order valence-electron chi connectivity index (χ2n) is 4.17. The van der Waals surface area contributed by atoms with Gasteiger partial charge in [0, 0.05) is 6.20 Å². The Bertz CT molecular complexity index is 350. The summed E-state index contributed by atoms with van der Waals surface area (Å²) in [7, 11) is 0. The van der Waals surface area contributed by atoms with Crippen LogP contribution in [0.3, 0.4) is 0 Å². The van der Waals surface area contributed by atoms with E-state index in [0.717, 1.165) is 6.42 Å². The summed E-state index contributed by atoms with van der Waals surface area (Å²) >= 11 is 0. The first-order valence-corrected chi connectivity index (χ1v) is 6.34. The van der Waals surface area contributed by atoms with Gasteiger partial charge < -0.3 is 4.74 Å². The van der Waals surface area contributed by atoms with Gasteiger partial charge in [-0.05, 0) is 25.5 Å². The summed E-state index contributed by atoms with van der Waals surface area (Å²) < 4.78 is 5.55. The van der Waals surface area contributed by atoms with Gasteiger partial charge in [-0.25, -0.2) is 4.98 Å². The third kappa shape index (κ3) is 4.98. The minimum Gasteiger partial charge on any atom is -0.477 e. The Kier molecular flexibility index (Phi) is 6.30. The molecule has 1 rings (SSSR count). The molecule has 0 saturated carbocycles. The SMILES string of the molecule is CCCCCCCOc1ncccc1C(C)=O. The summed E-state index contributed by atoms with van der Waals surface area (Å²) in [6.45, 7) is 4.37. The van der Waals surface area contributed by atoms with Crippen molar-refractivity contribution in [2.45, 2.75) is 46.0 Å². The minimum absolute atomic E-state index is 0.000849. The van der Waals surface area contributed by atoms with Gasteiger partial charge in [0.25, 0.3) is 0 Å². The predicted octanol–water partition coefficient (Wildman–Crippen LogP) is 3.63. The molecule has 0 fully saturated rings. The number of ketones is 1. The van der Waals surface area contributed by atoms with Gasteiger partial charge in [-0.1, -0.05) is 32.6 Å². The number of unbranched alkanes of at least 4 members (excludes halogenated alkanes) is 4. The van der Waals surface area contributed by atoms with E-state index in [1.807, 2.05) is 0 Å². The molecule has 0 saturated heterocycles. The number of aromatic nitrogens is 1. The van der Waals surface area contributed by atoms with Gasteiger partial charge >= 0.3 is 0 Å². The van der Waals surface area contributed by atoms with E-state index in [9.17, 15) is 4.79 Å². The molecule has 1 heterocycles. The summed E-state index contributed by atoms with van der Waals surface area (Å²) in [6, 6.07) is 3.51. The topological polar surface area (TPSA) is 39.2 Å². The molecule has 1 aromatic heterocycles. The van der Waals surface area contributed by atoms with Crippen LogP contribution in [0.2, 0.25) is 0 Å². The Balaban J connectivity index is 2.34. The molecule has 0 aromatic carbocycles. The van der Waals surface area contributed by atoms with Gasteiger partial charge in [-0.2, -0.15) is 0 Å². The zero-order valence-electron chi connectivity index (χ0n) is 10.7. The number of hydrogen-bond donors (Lipinski definition) is 0. The van der Waals surface area contributed by atoms with E-state index in [0.29, 0.717) is 18.1 Å². The van der Waals surface area contributed by atoms with Gasteiger partial charge in [0.15, 0.2) is 5.78 Å². The van der Waals surface area contributed by atoms with E-state index in [1.165, 1.54) is 32.6 Å². The third-order valence-electron chi connectivity index (χ3n) is 2.64. The number of Topliss-reactive ketones (excluding diaryl/α,β-unsaturated/α-hetero) is 1. The van der Waals surface area contributed by atoms with Crippen LogP contribution >= 0.6 is 0 Å². The summed E-state index contributed by atoms with van der Waals surface area (Å²) in [5, 5.41) is 0. The number of hydrogen-bond acceptors (Lipinski definition) is 3. The maximum absolute atomic E-state index is 11.3. The number of nitrogens with zero attached hydrogens (tertiary/aromatic N) is 1. The van der Waals surface area contributed by atoms with Crippen LogP contribution in [-0.2, 0) is 0 Å². The Morgan fingerprint density at radius 2 is 2.06 bits per heavy atom. The summed E-state index contributed by atoms with van der Waals surface area (Å²) in [5.41, 5.74) is 0.570. The summed E-state index contributed by atoms with van der Waals surface area (Å²) in [5.74, 6) is 0.467. The first-order valence-electron chi connectivity index (χ1n) is 6.34. The second kappa shape index (κ2) is 7.82. The Morgan fingerprint density at radius 1 is 1.29 bits per heavy atom. The van der Waals surface area contributed by atoms with E-state index < -0.39 is 0 Å². The van der Waals surface area contributed by atoms with E-state index in [1.54, 1.807) is 18.3 Å². The molecule has 0 aliphatic rings. The molecule has 94 valence electrons. The summed E-state index contributed by atoms with van der Waals surface area (Å²) in [6.07, 6.45) is 7.63. The lowest BCUT2D eigenvalue weighted by Gasteiger charge is -2.07. The van der Waals surface area contributed by atoms with Gasteiger partial charge in [-0.15, -0.1) is 0 Å². The fourth-order valence-electron chi connectivity index (χ4n) is 1.65. The van der Waals surface area contributed by atoms with Crippen molar-refractivity contribution in [3.63, 3.8) is 0 Å². The Hall–Kier alpha value is -1.38. The van der Waals surface area contributed by atoms with Crippen molar-refractivity contribution >= 4 is 5.78 Å². The standard InChI is InChI=1S/C14H21NO2/c1-3-4-5-6-7-11-17-14-13(12(2)16)9-8-10-15-14/h8-10H,3-7,11H2,1-2H3. The van der Waals surface area contributed by atoms with Crippen molar-refractivity contribution in [3.8, 4) is 5.88 Å². The van der Waals surface area contributed by atoms with Crippen LogP contribution in [0.1, 0.15) is 56.3 Å². The normalized spacial score (nSPS) is 10.2. The maximum Gasteiger partial charge on any atom is 0.224 e. The number of carbonyl (C=O) groups is 1. The monoisotopic (exact) mass is 235 g/mol. The van der Waals surface area contributed by atoms with Crippen LogP contribution in [0.5, 0.6) is 5.88 Å². The van der Waals surface area contributed by atoms with Crippen LogP contribution < -0.4 is 4.74 Å². The van der Waals surface area contributed by atoms with Crippen LogP contribution in [0.15, 0.2) is 18.3 Å². The fraction of sp³-hybridized carbons (Fsp3) is 0.571. The zero-order chi connectivity index (χ0) is 12.5.